The number of benzene rings is 2. The fourth-order valence-electron chi connectivity index (χ4n) is 2.24. The van der Waals surface area contributed by atoms with Crippen LogP contribution in [0.5, 0.6) is 0 Å². The number of anilines is 1. The number of rotatable bonds is 2. The smallest absolute Gasteiger partial charge is 0.294 e. The zero-order valence-corrected chi connectivity index (χ0v) is 14.7. The molecule has 0 saturated carbocycles. The van der Waals surface area contributed by atoms with E-state index in [1.54, 1.807) is 0 Å². The molecule has 0 fully saturated rings. The van der Waals surface area contributed by atoms with Gasteiger partial charge in [-0.25, -0.2) is 13.6 Å². The Morgan fingerprint density at radius 2 is 1.63 bits per heavy atom. The Morgan fingerprint density at radius 3 is 2.15 bits per heavy atom. The highest BCUT2D eigenvalue weighted by Crippen LogP contribution is 2.32. The van der Waals surface area contributed by atoms with Crippen LogP contribution in [0.15, 0.2) is 36.4 Å². The molecule has 0 spiro atoms. The number of carbonyl (C=O) groups is 2. The number of amides is 3. The molecule has 0 aliphatic heterocycles. The number of nitrogens with zero attached hydrogens (tertiary/aromatic N) is 2. The lowest BCUT2D eigenvalue weighted by molar-refractivity contribution is -0.137. The molecular formula is C17H12ClF5N2O2. The van der Waals surface area contributed by atoms with E-state index in [1.807, 2.05) is 0 Å². The van der Waals surface area contributed by atoms with Crippen molar-refractivity contribution in [3.05, 3.63) is 64.2 Å². The molecule has 0 saturated heterocycles. The predicted molar refractivity (Wildman–Crippen MR) is 88.7 cm³/mol. The summed E-state index contributed by atoms with van der Waals surface area (Å²) < 4.78 is 65.7. The molecule has 0 aliphatic carbocycles. The summed E-state index contributed by atoms with van der Waals surface area (Å²) in [5, 5.41) is -0.233. The van der Waals surface area contributed by atoms with Gasteiger partial charge in [0.1, 0.15) is 11.6 Å². The summed E-state index contributed by atoms with van der Waals surface area (Å²) in [6.45, 7) is 0. The van der Waals surface area contributed by atoms with Crippen LogP contribution in [0.2, 0.25) is 5.02 Å². The van der Waals surface area contributed by atoms with E-state index in [2.05, 4.69) is 0 Å². The van der Waals surface area contributed by atoms with Gasteiger partial charge in [-0.15, -0.1) is 0 Å². The third-order valence-corrected chi connectivity index (χ3v) is 4.01. The number of halogens is 6. The lowest BCUT2D eigenvalue weighted by Gasteiger charge is -2.24. The molecule has 0 atom stereocenters. The van der Waals surface area contributed by atoms with E-state index in [9.17, 15) is 31.5 Å². The third-order valence-electron chi connectivity index (χ3n) is 3.69. The minimum atomic E-state index is -4.75. The molecule has 0 aromatic heterocycles. The standard InChI is InChI=1S/C17H12ClF5N2O2/c1-24(13-7-6-9(8-12(13)20)17(21,22)23)16(27)25(2)15(26)14-10(18)4-3-5-11(14)19/h3-8H,1-2H3. The van der Waals surface area contributed by atoms with Crippen LogP contribution >= 0.6 is 11.6 Å². The van der Waals surface area contributed by atoms with Crippen LogP contribution in [-0.4, -0.2) is 30.9 Å². The number of imide groups is 1. The van der Waals surface area contributed by atoms with Crippen LogP contribution < -0.4 is 4.90 Å². The van der Waals surface area contributed by atoms with Crippen LogP contribution in [0.1, 0.15) is 15.9 Å². The second-order valence-corrected chi connectivity index (χ2v) is 5.87. The second-order valence-electron chi connectivity index (χ2n) is 5.47. The van der Waals surface area contributed by atoms with Crippen LogP contribution in [-0.2, 0) is 6.18 Å². The molecule has 3 amide bonds. The van der Waals surface area contributed by atoms with Gasteiger partial charge < -0.3 is 0 Å². The average Bonchev–Trinajstić information content (AvgIpc) is 2.58. The van der Waals surface area contributed by atoms with E-state index in [1.165, 1.54) is 12.1 Å². The van der Waals surface area contributed by atoms with Crippen molar-refractivity contribution in [1.29, 1.82) is 0 Å². The maximum absolute atomic E-state index is 14.0. The molecule has 2 rings (SSSR count). The Morgan fingerprint density at radius 1 is 1.00 bits per heavy atom. The molecule has 144 valence electrons. The number of hydrogen-bond acceptors (Lipinski definition) is 2. The first-order chi connectivity index (χ1) is 12.4. The van der Waals surface area contributed by atoms with Gasteiger partial charge in [-0.05, 0) is 30.3 Å². The van der Waals surface area contributed by atoms with Crippen molar-refractivity contribution < 1.29 is 31.5 Å². The van der Waals surface area contributed by atoms with Gasteiger partial charge in [0.05, 0.1) is 21.8 Å². The summed E-state index contributed by atoms with van der Waals surface area (Å²) in [6.07, 6.45) is -4.75. The lowest BCUT2D eigenvalue weighted by atomic mass is 10.1. The topological polar surface area (TPSA) is 40.6 Å². The molecule has 27 heavy (non-hydrogen) atoms. The van der Waals surface area contributed by atoms with E-state index in [-0.39, 0.29) is 11.1 Å². The highest BCUT2D eigenvalue weighted by atomic mass is 35.5. The molecule has 0 bridgehead atoms. The summed E-state index contributed by atoms with van der Waals surface area (Å²) in [5.41, 5.74) is -2.28. The van der Waals surface area contributed by atoms with E-state index in [0.29, 0.717) is 15.9 Å². The summed E-state index contributed by atoms with van der Waals surface area (Å²) in [7, 11) is 2.06. The normalized spacial score (nSPS) is 11.3. The number of hydrogen-bond donors (Lipinski definition) is 0. The summed E-state index contributed by atoms with van der Waals surface area (Å²) in [5.74, 6) is -3.37. The van der Waals surface area contributed by atoms with Crippen molar-refractivity contribution in [1.82, 2.24) is 4.90 Å². The predicted octanol–water partition coefficient (Wildman–Crippen LogP) is 4.97. The maximum Gasteiger partial charge on any atom is 0.416 e. The van der Waals surface area contributed by atoms with Crippen LogP contribution in [0.25, 0.3) is 0 Å². The minimum Gasteiger partial charge on any atom is -0.294 e. The molecule has 0 N–H and O–H groups in total. The first-order valence-corrected chi connectivity index (χ1v) is 7.69. The quantitative estimate of drug-likeness (QED) is 0.661. The van der Waals surface area contributed by atoms with E-state index in [0.717, 1.165) is 26.2 Å². The molecular weight excluding hydrogens is 395 g/mol. The number of carbonyl (C=O) groups excluding carboxylic acids is 2. The molecule has 0 unspecified atom stereocenters. The SMILES string of the molecule is CN(C(=O)c1c(F)cccc1Cl)C(=O)N(C)c1ccc(C(F)(F)F)cc1F. The Labute approximate surface area is 155 Å². The first kappa shape index (κ1) is 20.6. The molecule has 2 aromatic rings. The van der Waals surface area contributed by atoms with Crippen LogP contribution in [0.4, 0.5) is 32.4 Å². The van der Waals surface area contributed by atoms with Gasteiger partial charge in [-0.1, -0.05) is 17.7 Å². The van der Waals surface area contributed by atoms with Gasteiger partial charge in [0, 0.05) is 14.1 Å². The van der Waals surface area contributed by atoms with Gasteiger partial charge >= 0.3 is 12.2 Å². The van der Waals surface area contributed by atoms with Crippen molar-refractivity contribution >= 4 is 29.2 Å². The summed E-state index contributed by atoms with van der Waals surface area (Å²) >= 11 is 5.78. The zero-order valence-electron chi connectivity index (χ0n) is 13.9. The van der Waals surface area contributed by atoms with Crippen molar-refractivity contribution in [3.8, 4) is 0 Å². The highest BCUT2D eigenvalue weighted by Gasteiger charge is 2.32. The van der Waals surface area contributed by atoms with Crippen molar-refractivity contribution in [2.75, 3.05) is 19.0 Å². The monoisotopic (exact) mass is 406 g/mol. The Bertz CT molecular complexity index is 881. The highest BCUT2D eigenvalue weighted by molar-refractivity contribution is 6.34. The molecule has 4 nitrogen and oxygen atoms in total. The van der Waals surface area contributed by atoms with Crippen LogP contribution in [0.3, 0.4) is 0 Å². The molecule has 0 radical (unpaired) electrons. The summed E-state index contributed by atoms with van der Waals surface area (Å²) in [6, 6.07) is 3.96. The van der Waals surface area contributed by atoms with E-state index < -0.39 is 46.6 Å². The molecule has 10 heteroatoms. The first-order valence-electron chi connectivity index (χ1n) is 7.31. The van der Waals surface area contributed by atoms with E-state index in [4.69, 9.17) is 11.6 Å². The zero-order chi connectivity index (χ0) is 20.5. The number of urea groups is 1. The minimum absolute atomic E-state index is 0.231. The lowest BCUT2D eigenvalue weighted by Crippen LogP contribution is -2.43. The van der Waals surface area contributed by atoms with Gasteiger partial charge in [-0.2, -0.15) is 13.2 Å². The fraction of sp³-hybridized carbons (Fsp3) is 0.176. The Kier molecular flexibility index (Phi) is 5.74. The third kappa shape index (κ3) is 4.19. The Balaban J connectivity index is 2.30. The van der Waals surface area contributed by atoms with Gasteiger partial charge in [-0.3, -0.25) is 14.6 Å². The van der Waals surface area contributed by atoms with Gasteiger partial charge in [0.2, 0.25) is 0 Å². The van der Waals surface area contributed by atoms with Crippen LogP contribution in [0, 0.1) is 11.6 Å². The largest absolute Gasteiger partial charge is 0.416 e. The summed E-state index contributed by atoms with van der Waals surface area (Å²) in [4.78, 5) is 25.8. The van der Waals surface area contributed by atoms with E-state index >= 15 is 0 Å². The second kappa shape index (κ2) is 7.51. The molecule has 0 aliphatic rings. The Hall–Kier alpha value is -2.68. The van der Waals surface area contributed by atoms with Gasteiger partial charge in [0.25, 0.3) is 5.91 Å². The average molecular weight is 407 g/mol. The van der Waals surface area contributed by atoms with Gasteiger partial charge in [0.15, 0.2) is 0 Å². The number of alkyl halides is 3. The van der Waals surface area contributed by atoms with Crippen molar-refractivity contribution in [2.45, 2.75) is 6.18 Å². The fourth-order valence-corrected chi connectivity index (χ4v) is 2.48. The maximum atomic E-state index is 14.0. The molecule has 2 aromatic carbocycles. The van der Waals surface area contributed by atoms with Crippen molar-refractivity contribution in [3.63, 3.8) is 0 Å². The molecule has 0 heterocycles. The van der Waals surface area contributed by atoms with Crippen molar-refractivity contribution in [2.24, 2.45) is 0 Å².